The standard InChI is InChI=1S/C26H30N2O2S/c1-17-12-23-24(27-17)4-3-5-25(23)30-16-22(29)15-28-10-8-20(13-18(28)2)19-6-7-26-21(14-19)9-11-31-26/h3-7,9,11-12,14,18,20,22,27,29H,8,10,13,15-16H2,1-2H3/t18-,20-,22+/m1/s1. The minimum Gasteiger partial charge on any atom is -0.490 e. The summed E-state index contributed by atoms with van der Waals surface area (Å²) in [5.74, 6) is 1.43. The third-order valence-corrected chi connectivity index (χ3v) is 7.49. The van der Waals surface area contributed by atoms with Crippen molar-refractivity contribution in [2.24, 2.45) is 0 Å². The van der Waals surface area contributed by atoms with Gasteiger partial charge >= 0.3 is 0 Å². The Morgan fingerprint density at radius 3 is 3.00 bits per heavy atom. The maximum Gasteiger partial charge on any atom is 0.128 e. The minimum absolute atomic E-state index is 0.310. The van der Waals surface area contributed by atoms with E-state index in [4.69, 9.17) is 4.74 Å². The van der Waals surface area contributed by atoms with Crippen LogP contribution in [-0.2, 0) is 0 Å². The Labute approximate surface area is 187 Å². The van der Waals surface area contributed by atoms with Gasteiger partial charge in [-0.2, -0.15) is 0 Å². The van der Waals surface area contributed by atoms with Crippen LogP contribution in [0.25, 0.3) is 21.0 Å². The van der Waals surface area contributed by atoms with Crippen molar-refractivity contribution >= 4 is 32.3 Å². The number of piperidine rings is 1. The molecule has 2 aromatic carbocycles. The predicted molar refractivity (Wildman–Crippen MR) is 129 cm³/mol. The van der Waals surface area contributed by atoms with Gasteiger partial charge in [-0.3, -0.25) is 4.90 Å². The van der Waals surface area contributed by atoms with Crippen molar-refractivity contribution in [1.82, 2.24) is 9.88 Å². The molecule has 0 saturated carbocycles. The summed E-state index contributed by atoms with van der Waals surface area (Å²) in [4.78, 5) is 5.74. The van der Waals surface area contributed by atoms with Crippen LogP contribution in [0.1, 0.15) is 36.9 Å². The lowest BCUT2D eigenvalue weighted by molar-refractivity contribution is 0.0406. The van der Waals surface area contributed by atoms with E-state index in [0.717, 1.165) is 41.7 Å². The number of aryl methyl sites for hydroxylation is 1. The van der Waals surface area contributed by atoms with Crippen LogP contribution >= 0.6 is 11.3 Å². The summed E-state index contributed by atoms with van der Waals surface area (Å²) in [5, 5.41) is 15.3. The van der Waals surface area contributed by atoms with Crippen LogP contribution in [0.2, 0.25) is 0 Å². The first-order valence-corrected chi connectivity index (χ1v) is 12.0. The summed E-state index contributed by atoms with van der Waals surface area (Å²) in [6, 6.07) is 17.7. The fourth-order valence-corrected chi connectivity index (χ4v) is 5.71. The molecule has 5 rings (SSSR count). The normalized spacial score (nSPS) is 21.0. The number of nitrogens with zero attached hydrogens (tertiary/aromatic N) is 1. The first kappa shape index (κ1) is 20.6. The van der Waals surface area contributed by atoms with E-state index in [1.165, 1.54) is 15.6 Å². The number of fused-ring (bicyclic) bond motifs is 2. The molecule has 0 unspecified atom stereocenters. The van der Waals surface area contributed by atoms with Crippen molar-refractivity contribution in [3.8, 4) is 5.75 Å². The summed E-state index contributed by atoms with van der Waals surface area (Å²) in [6.45, 7) is 6.30. The van der Waals surface area contributed by atoms with Crippen molar-refractivity contribution in [3.63, 3.8) is 0 Å². The third-order valence-electron chi connectivity index (χ3n) is 6.60. The van der Waals surface area contributed by atoms with Crippen LogP contribution in [0, 0.1) is 6.92 Å². The van der Waals surface area contributed by atoms with E-state index < -0.39 is 6.10 Å². The molecule has 162 valence electrons. The molecular weight excluding hydrogens is 404 g/mol. The van der Waals surface area contributed by atoms with E-state index in [0.29, 0.717) is 25.1 Å². The van der Waals surface area contributed by atoms with Crippen LogP contribution in [0.3, 0.4) is 0 Å². The molecule has 3 heterocycles. The van der Waals surface area contributed by atoms with Gasteiger partial charge in [0.15, 0.2) is 0 Å². The lowest BCUT2D eigenvalue weighted by Gasteiger charge is -2.38. The maximum atomic E-state index is 10.7. The van der Waals surface area contributed by atoms with Crippen LogP contribution < -0.4 is 4.74 Å². The molecule has 2 aromatic heterocycles. The fraction of sp³-hybridized carbons (Fsp3) is 0.385. The third kappa shape index (κ3) is 4.36. The molecule has 0 aliphatic carbocycles. The lowest BCUT2D eigenvalue weighted by Crippen LogP contribution is -2.45. The molecular formula is C26H30N2O2S. The van der Waals surface area contributed by atoms with Crippen molar-refractivity contribution in [1.29, 1.82) is 0 Å². The first-order chi connectivity index (χ1) is 15.1. The summed E-state index contributed by atoms with van der Waals surface area (Å²) in [7, 11) is 0. The highest BCUT2D eigenvalue weighted by Gasteiger charge is 2.28. The highest BCUT2D eigenvalue weighted by Crippen LogP contribution is 2.34. The summed E-state index contributed by atoms with van der Waals surface area (Å²) >= 11 is 1.81. The molecule has 0 spiro atoms. The number of aromatic amines is 1. The van der Waals surface area contributed by atoms with Gasteiger partial charge in [0.2, 0.25) is 0 Å². The highest BCUT2D eigenvalue weighted by atomic mass is 32.1. The summed E-state index contributed by atoms with van der Waals surface area (Å²) in [6.07, 6.45) is 1.76. The van der Waals surface area contributed by atoms with Crippen LogP contribution in [0.15, 0.2) is 53.9 Å². The molecule has 1 fully saturated rings. The Balaban J connectivity index is 1.17. The van der Waals surface area contributed by atoms with Gasteiger partial charge in [-0.15, -0.1) is 11.3 Å². The molecule has 4 nitrogen and oxygen atoms in total. The van der Waals surface area contributed by atoms with Gasteiger partial charge in [0.25, 0.3) is 0 Å². The molecule has 4 aromatic rings. The molecule has 1 saturated heterocycles. The molecule has 1 aliphatic heterocycles. The molecule has 5 heteroatoms. The van der Waals surface area contributed by atoms with E-state index in [2.05, 4.69) is 52.5 Å². The number of β-amino-alcohol motifs (C(OH)–C–C–N with tert-alkyl or cyclic N) is 1. The number of aliphatic hydroxyl groups excluding tert-OH is 1. The average molecular weight is 435 g/mol. The zero-order chi connectivity index (χ0) is 21.4. The lowest BCUT2D eigenvalue weighted by atomic mass is 9.85. The van der Waals surface area contributed by atoms with E-state index in [1.807, 2.05) is 25.1 Å². The number of H-pyrrole nitrogens is 1. The predicted octanol–water partition coefficient (Wildman–Crippen LogP) is 5.70. The Morgan fingerprint density at radius 1 is 1.23 bits per heavy atom. The number of rotatable bonds is 6. The van der Waals surface area contributed by atoms with Gasteiger partial charge in [-0.25, -0.2) is 0 Å². The van der Waals surface area contributed by atoms with Gasteiger partial charge in [0, 0.05) is 33.9 Å². The number of aliphatic hydroxyl groups is 1. The number of likely N-dealkylation sites (tertiary alicyclic amines) is 1. The molecule has 2 N–H and O–H groups in total. The van der Waals surface area contributed by atoms with E-state index in [1.54, 1.807) is 11.3 Å². The molecule has 1 aliphatic rings. The van der Waals surface area contributed by atoms with Crippen LogP contribution in [0.4, 0.5) is 0 Å². The fourth-order valence-electron chi connectivity index (χ4n) is 4.94. The second kappa shape index (κ2) is 8.65. The first-order valence-electron chi connectivity index (χ1n) is 11.2. The number of thiophene rings is 1. The Bertz CT molecular complexity index is 1180. The second-order valence-corrected chi connectivity index (χ2v) is 9.87. The van der Waals surface area contributed by atoms with Crippen molar-refractivity contribution in [3.05, 3.63) is 65.2 Å². The van der Waals surface area contributed by atoms with E-state index in [-0.39, 0.29) is 0 Å². The van der Waals surface area contributed by atoms with Crippen molar-refractivity contribution in [2.75, 3.05) is 19.7 Å². The van der Waals surface area contributed by atoms with Gasteiger partial charge in [-0.05, 0) is 85.8 Å². The van der Waals surface area contributed by atoms with Crippen molar-refractivity contribution in [2.45, 2.75) is 44.8 Å². The number of benzene rings is 2. The van der Waals surface area contributed by atoms with Crippen LogP contribution in [-0.4, -0.2) is 46.8 Å². The van der Waals surface area contributed by atoms with E-state index in [9.17, 15) is 5.11 Å². The summed E-state index contributed by atoms with van der Waals surface area (Å²) in [5.41, 5.74) is 3.64. The number of aromatic nitrogens is 1. The maximum absolute atomic E-state index is 10.7. The van der Waals surface area contributed by atoms with Crippen LogP contribution in [0.5, 0.6) is 5.75 Å². The van der Waals surface area contributed by atoms with Gasteiger partial charge in [0.05, 0.1) is 0 Å². The van der Waals surface area contributed by atoms with Gasteiger partial charge in [0.1, 0.15) is 18.5 Å². The quantitative estimate of drug-likeness (QED) is 0.409. The van der Waals surface area contributed by atoms with Gasteiger partial charge < -0.3 is 14.8 Å². The number of hydrogen-bond donors (Lipinski definition) is 2. The van der Waals surface area contributed by atoms with Gasteiger partial charge in [-0.1, -0.05) is 18.2 Å². The number of nitrogens with one attached hydrogen (secondary N) is 1. The van der Waals surface area contributed by atoms with Crippen molar-refractivity contribution < 1.29 is 9.84 Å². The molecule has 3 atom stereocenters. The monoisotopic (exact) mass is 434 g/mol. The highest BCUT2D eigenvalue weighted by molar-refractivity contribution is 7.17. The largest absolute Gasteiger partial charge is 0.490 e. The zero-order valence-electron chi connectivity index (χ0n) is 18.2. The number of ether oxygens (including phenoxy) is 1. The molecule has 0 radical (unpaired) electrons. The molecule has 0 bridgehead atoms. The SMILES string of the molecule is Cc1cc2c(OC[C@@H](O)CN3CC[C@@H](c4ccc5sccc5c4)C[C@H]3C)cccc2[nH]1. The Kier molecular flexibility index (Phi) is 5.74. The van der Waals surface area contributed by atoms with E-state index >= 15 is 0 Å². The average Bonchev–Trinajstić information content (AvgIpc) is 3.38. The summed E-state index contributed by atoms with van der Waals surface area (Å²) < 4.78 is 7.36. The Hall–Kier alpha value is -2.34. The number of hydrogen-bond acceptors (Lipinski definition) is 4. The zero-order valence-corrected chi connectivity index (χ0v) is 19.0. The second-order valence-electron chi connectivity index (χ2n) is 8.92. The smallest absolute Gasteiger partial charge is 0.128 e. The Morgan fingerprint density at radius 2 is 2.13 bits per heavy atom. The topological polar surface area (TPSA) is 48.5 Å². The molecule has 31 heavy (non-hydrogen) atoms. The minimum atomic E-state index is -0.503. The molecule has 0 amide bonds.